The van der Waals surface area contributed by atoms with Gasteiger partial charge in [-0.2, -0.15) is 0 Å². The summed E-state index contributed by atoms with van der Waals surface area (Å²) in [6, 6.07) is -0.387. The van der Waals surface area contributed by atoms with Gasteiger partial charge in [-0.25, -0.2) is 10.7 Å². The minimum atomic E-state index is -1.23. The fraction of sp³-hybridized carbons (Fsp3) is 0.500. The molecule has 106 valence electrons. The highest BCUT2D eigenvalue weighted by Crippen LogP contribution is 2.31. The molecule has 9 heteroatoms. The predicted molar refractivity (Wildman–Crippen MR) is 67.6 cm³/mol. The first kappa shape index (κ1) is 15.5. The van der Waals surface area contributed by atoms with Crippen molar-refractivity contribution in [2.45, 2.75) is 18.3 Å². The summed E-state index contributed by atoms with van der Waals surface area (Å²) in [5.41, 5.74) is 0.269. The Morgan fingerprint density at radius 1 is 1.74 bits per heavy atom. The molecular weight excluding hydrogens is 274 g/mol. The van der Waals surface area contributed by atoms with Gasteiger partial charge in [0.15, 0.2) is 0 Å². The molecule has 0 radical (unpaired) electrons. The van der Waals surface area contributed by atoms with Crippen LogP contribution in [0, 0.1) is 0 Å². The van der Waals surface area contributed by atoms with Crippen molar-refractivity contribution >= 4 is 30.6 Å². The SMILES string of the molecule is CC(NC=O)C1SCC(CON)=C(C(=O)O)N1C=O. The molecule has 0 aromatic carbocycles. The van der Waals surface area contributed by atoms with Gasteiger partial charge in [-0.3, -0.25) is 14.5 Å². The molecule has 2 amide bonds. The highest BCUT2D eigenvalue weighted by Gasteiger charge is 2.35. The Bertz CT molecular complexity index is 401. The third-order valence-electron chi connectivity index (χ3n) is 2.63. The van der Waals surface area contributed by atoms with Crippen molar-refractivity contribution < 1.29 is 24.3 Å². The first-order valence-corrected chi connectivity index (χ1v) is 6.43. The van der Waals surface area contributed by atoms with E-state index >= 15 is 0 Å². The van der Waals surface area contributed by atoms with Gasteiger partial charge in [-0.05, 0) is 12.5 Å². The molecule has 0 spiro atoms. The molecule has 0 bridgehead atoms. The van der Waals surface area contributed by atoms with Gasteiger partial charge in [0.05, 0.1) is 12.6 Å². The topological polar surface area (TPSA) is 122 Å². The van der Waals surface area contributed by atoms with Gasteiger partial charge in [0.2, 0.25) is 12.8 Å². The van der Waals surface area contributed by atoms with Gasteiger partial charge >= 0.3 is 5.97 Å². The molecular formula is C10H15N3O5S. The Hall–Kier alpha value is -1.58. The van der Waals surface area contributed by atoms with Crippen LogP contribution in [0.5, 0.6) is 0 Å². The molecule has 1 rings (SSSR count). The zero-order valence-electron chi connectivity index (χ0n) is 10.2. The molecule has 2 unspecified atom stereocenters. The fourth-order valence-corrected chi connectivity index (χ4v) is 3.08. The van der Waals surface area contributed by atoms with Gasteiger partial charge in [0.1, 0.15) is 11.1 Å². The zero-order chi connectivity index (χ0) is 14.4. The maximum Gasteiger partial charge on any atom is 0.352 e. The van der Waals surface area contributed by atoms with Crippen molar-refractivity contribution in [2.24, 2.45) is 5.90 Å². The van der Waals surface area contributed by atoms with Gasteiger partial charge < -0.3 is 15.3 Å². The van der Waals surface area contributed by atoms with Crippen LogP contribution in [0.15, 0.2) is 11.3 Å². The summed E-state index contributed by atoms with van der Waals surface area (Å²) in [6.07, 6.45) is 0.941. The van der Waals surface area contributed by atoms with Crippen LogP contribution in [0.4, 0.5) is 0 Å². The molecule has 19 heavy (non-hydrogen) atoms. The first-order chi connectivity index (χ1) is 9.06. The number of carboxylic acids is 1. The Balaban J connectivity index is 3.09. The molecule has 0 aliphatic carbocycles. The maximum absolute atomic E-state index is 11.3. The largest absolute Gasteiger partial charge is 0.477 e. The second-order valence-electron chi connectivity index (χ2n) is 3.86. The lowest BCUT2D eigenvalue weighted by Crippen LogP contribution is -2.49. The van der Waals surface area contributed by atoms with Crippen LogP contribution < -0.4 is 11.2 Å². The van der Waals surface area contributed by atoms with E-state index in [2.05, 4.69) is 10.2 Å². The number of rotatable bonds is 7. The van der Waals surface area contributed by atoms with Crippen molar-refractivity contribution in [1.29, 1.82) is 0 Å². The number of hydrogen-bond acceptors (Lipinski definition) is 6. The monoisotopic (exact) mass is 289 g/mol. The standard InChI is InChI=1S/C10H15N3O5S/c1-6(12-4-14)9-13(5-15)8(10(16)17)7(2-18-11)3-19-9/h4-6,9H,2-3,11H2,1H3,(H,12,14)(H,16,17). The average Bonchev–Trinajstić information content (AvgIpc) is 2.38. The van der Waals surface area contributed by atoms with Crippen LogP contribution >= 0.6 is 11.8 Å². The number of hydrogen-bond donors (Lipinski definition) is 3. The molecule has 0 saturated heterocycles. The van der Waals surface area contributed by atoms with Crippen LogP contribution in [-0.4, -0.2) is 52.6 Å². The Morgan fingerprint density at radius 2 is 2.42 bits per heavy atom. The normalized spacial score (nSPS) is 20.9. The minimum absolute atomic E-state index is 0.0683. The van der Waals surface area contributed by atoms with Crippen molar-refractivity contribution in [3.63, 3.8) is 0 Å². The number of thioether (sulfide) groups is 1. The minimum Gasteiger partial charge on any atom is -0.477 e. The Kier molecular flexibility index (Phi) is 5.80. The van der Waals surface area contributed by atoms with E-state index in [1.54, 1.807) is 6.92 Å². The van der Waals surface area contributed by atoms with E-state index < -0.39 is 11.3 Å². The molecule has 0 fully saturated rings. The number of carboxylic acid groups (broad SMARTS) is 1. The first-order valence-electron chi connectivity index (χ1n) is 5.38. The number of nitrogens with one attached hydrogen (secondary N) is 1. The second-order valence-corrected chi connectivity index (χ2v) is 4.96. The smallest absolute Gasteiger partial charge is 0.352 e. The number of nitrogens with zero attached hydrogens (tertiary/aromatic N) is 1. The van der Waals surface area contributed by atoms with Crippen LogP contribution in [0.3, 0.4) is 0 Å². The van der Waals surface area contributed by atoms with E-state index in [0.29, 0.717) is 24.1 Å². The highest BCUT2D eigenvalue weighted by atomic mass is 32.2. The van der Waals surface area contributed by atoms with Crippen molar-refractivity contribution in [3.8, 4) is 0 Å². The highest BCUT2D eigenvalue weighted by molar-refractivity contribution is 8.00. The van der Waals surface area contributed by atoms with Gasteiger partial charge in [0.25, 0.3) is 0 Å². The van der Waals surface area contributed by atoms with E-state index in [1.165, 1.54) is 11.8 Å². The number of amides is 2. The number of aliphatic carboxylic acids is 1. The zero-order valence-corrected chi connectivity index (χ0v) is 11.1. The maximum atomic E-state index is 11.3. The van der Waals surface area contributed by atoms with Crippen LogP contribution in [-0.2, 0) is 19.2 Å². The quantitative estimate of drug-likeness (QED) is 0.401. The summed E-state index contributed by atoms with van der Waals surface area (Å²) in [5, 5.41) is 11.2. The van der Waals surface area contributed by atoms with Crippen molar-refractivity contribution in [2.75, 3.05) is 12.4 Å². The summed E-state index contributed by atoms with van der Waals surface area (Å²) >= 11 is 1.33. The predicted octanol–water partition coefficient (Wildman–Crippen LogP) is -1.12. The average molecular weight is 289 g/mol. The molecule has 4 N–H and O–H groups in total. The van der Waals surface area contributed by atoms with Gasteiger partial charge in [-0.15, -0.1) is 11.8 Å². The number of carbonyl (C=O) groups excluding carboxylic acids is 2. The Labute approximate surface area is 113 Å². The third kappa shape index (κ3) is 3.46. The molecule has 0 aromatic heterocycles. The van der Waals surface area contributed by atoms with Crippen LogP contribution in [0.1, 0.15) is 6.92 Å². The van der Waals surface area contributed by atoms with Crippen LogP contribution in [0.25, 0.3) is 0 Å². The molecule has 8 nitrogen and oxygen atoms in total. The lowest BCUT2D eigenvalue weighted by molar-refractivity contribution is -0.137. The lowest BCUT2D eigenvalue weighted by Gasteiger charge is -2.37. The Morgan fingerprint density at radius 3 is 2.89 bits per heavy atom. The lowest BCUT2D eigenvalue weighted by atomic mass is 10.2. The van der Waals surface area contributed by atoms with Crippen molar-refractivity contribution in [3.05, 3.63) is 11.3 Å². The molecule has 0 aromatic rings. The number of carbonyl (C=O) groups is 3. The molecule has 2 atom stereocenters. The second kappa shape index (κ2) is 7.12. The van der Waals surface area contributed by atoms with Gasteiger partial charge in [0, 0.05) is 5.75 Å². The molecule has 1 aliphatic rings. The summed E-state index contributed by atoms with van der Waals surface area (Å²) < 4.78 is 0. The summed E-state index contributed by atoms with van der Waals surface area (Å²) in [4.78, 5) is 38.4. The molecule has 0 saturated carbocycles. The van der Waals surface area contributed by atoms with E-state index in [-0.39, 0.29) is 18.3 Å². The van der Waals surface area contributed by atoms with Gasteiger partial charge in [-0.1, -0.05) is 0 Å². The van der Waals surface area contributed by atoms with E-state index in [0.717, 1.165) is 4.90 Å². The van der Waals surface area contributed by atoms with E-state index in [4.69, 9.17) is 5.90 Å². The molecule has 1 heterocycles. The van der Waals surface area contributed by atoms with E-state index in [9.17, 15) is 19.5 Å². The summed E-state index contributed by atoms with van der Waals surface area (Å²) in [5.74, 6) is 4.08. The fourth-order valence-electron chi connectivity index (χ4n) is 1.80. The molecule has 1 aliphatic heterocycles. The number of nitrogens with two attached hydrogens (primary N) is 1. The van der Waals surface area contributed by atoms with E-state index in [1.807, 2.05) is 0 Å². The summed E-state index contributed by atoms with van der Waals surface area (Å²) in [6.45, 7) is 1.62. The van der Waals surface area contributed by atoms with Crippen molar-refractivity contribution in [1.82, 2.24) is 10.2 Å². The third-order valence-corrected chi connectivity index (χ3v) is 4.12. The van der Waals surface area contributed by atoms with Crippen LogP contribution in [0.2, 0.25) is 0 Å². The summed E-state index contributed by atoms with van der Waals surface area (Å²) in [7, 11) is 0.